The van der Waals surface area contributed by atoms with Crippen LogP contribution in [0.3, 0.4) is 0 Å². The Labute approximate surface area is 129 Å². The quantitative estimate of drug-likeness (QED) is 0.927. The van der Waals surface area contributed by atoms with Crippen molar-refractivity contribution in [2.45, 2.75) is 32.2 Å². The lowest BCUT2D eigenvalue weighted by atomic mass is 9.94. The van der Waals surface area contributed by atoms with E-state index in [1.54, 1.807) is 24.1 Å². The maximum absolute atomic E-state index is 12.6. The van der Waals surface area contributed by atoms with E-state index in [-0.39, 0.29) is 11.9 Å². The van der Waals surface area contributed by atoms with Gasteiger partial charge in [-0.3, -0.25) is 9.59 Å². The molecule has 4 nitrogen and oxygen atoms in total. The Bertz CT molecular complexity index is 529. The number of aliphatic carboxylic acids is 1. The standard InChI is InChI=1S/C16H20ClNO3/c1-10(11-6-8-12(17)9-7-11)18(2)15(19)13-4-3-5-14(13)16(20)21/h6-10,13-14H,3-5H2,1-2H3,(H,20,21). The Morgan fingerprint density at radius 1 is 1.24 bits per heavy atom. The molecule has 3 atom stereocenters. The number of halogens is 1. The lowest BCUT2D eigenvalue weighted by Gasteiger charge is -2.29. The summed E-state index contributed by atoms with van der Waals surface area (Å²) in [6, 6.07) is 7.26. The van der Waals surface area contributed by atoms with Crippen molar-refractivity contribution in [3.63, 3.8) is 0 Å². The third kappa shape index (κ3) is 3.38. The number of hydrogen-bond acceptors (Lipinski definition) is 2. The highest BCUT2D eigenvalue weighted by molar-refractivity contribution is 6.30. The predicted molar refractivity (Wildman–Crippen MR) is 81.1 cm³/mol. The van der Waals surface area contributed by atoms with Crippen LogP contribution in [0.15, 0.2) is 24.3 Å². The van der Waals surface area contributed by atoms with Gasteiger partial charge in [0.1, 0.15) is 0 Å². The lowest BCUT2D eigenvalue weighted by Crippen LogP contribution is -2.38. The minimum atomic E-state index is -0.863. The van der Waals surface area contributed by atoms with Gasteiger partial charge in [0.05, 0.1) is 17.9 Å². The molecule has 1 amide bonds. The molecule has 2 rings (SSSR count). The second-order valence-corrected chi connectivity index (χ2v) is 6.10. The Morgan fingerprint density at radius 2 is 1.81 bits per heavy atom. The van der Waals surface area contributed by atoms with E-state index in [9.17, 15) is 14.7 Å². The highest BCUT2D eigenvalue weighted by Gasteiger charge is 2.39. The molecule has 0 saturated heterocycles. The molecular weight excluding hydrogens is 290 g/mol. The minimum absolute atomic E-state index is 0.0812. The molecule has 1 fully saturated rings. The summed E-state index contributed by atoms with van der Waals surface area (Å²) in [4.78, 5) is 25.5. The molecule has 0 bridgehead atoms. The second-order valence-electron chi connectivity index (χ2n) is 5.66. The van der Waals surface area contributed by atoms with E-state index in [0.717, 1.165) is 12.0 Å². The summed E-state index contributed by atoms with van der Waals surface area (Å²) in [7, 11) is 1.73. The smallest absolute Gasteiger partial charge is 0.307 e. The third-order valence-corrected chi connectivity index (χ3v) is 4.68. The third-order valence-electron chi connectivity index (χ3n) is 4.43. The van der Waals surface area contributed by atoms with Crippen LogP contribution in [0, 0.1) is 11.8 Å². The van der Waals surface area contributed by atoms with E-state index in [2.05, 4.69) is 0 Å². The van der Waals surface area contributed by atoms with Gasteiger partial charge in [-0.05, 0) is 37.5 Å². The minimum Gasteiger partial charge on any atom is -0.481 e. The number of rotatable bonds is 4. The number of carbonyl (C=O) groups excluding carboxylic acids is 1. The number of nitrogens with zero attached hydrogens (tertiary/aromatic N) is 1. The maximum atomic E-state index is 12.6. The Hall–Kier alpha value is -1.55. The number of amides is 1. The van der Waals surface area contributed by atoms with Crippen molar-refractivity contribution in [3.05, 3.63) is 34.9 Å². The van der Waals surface area contributed by atoms with E-state index in [1.807, 2.05) is 19.1 Å². The largest absolute Gasteiger partial charge is 0.481 e. The first-order valence-electron chi connectivity index (χ1n) is 7.16. The van der Waals surface area contributed by atoms with E-state index in [1.165, 1.54) is 0 Å². The van der Waals surface area contributed by atoms with Gasteiger partial charge >= 0.3 is 5.97 Å². The molecule has 0 spiro atoms. The van der Waals surface area contributed by atoms with Gasteiger partial charge in [-0.15, -0.1) is 0 Å². The maximum Gasteiger partial charge on any atom is 0.307 e. The summed E-state index contributed by atoms with van der Waals surface area (Å²) < 4.78 is 0. The first-order valence-corrected chi connectivity index (χ1v) is 7.54. The van der Waals surface area contributed by atoms with Crippen LogP contribution in [0.25, 0.3) is 0 Å². The van der Waals surface area contributed by atoms with Gasteiger partial charge in [-0.1, -0.05) is 30.2 Å². The summed E-state index contributed by atoms with van der Waals surface area (Å²) in [6.45, 7) is 1.94. The van der Waals surface area contributed by atoms with Crippen molar-refractivity contribution in [1.82, 2.24) is 4.90 Å². The number of benzene rings is 1. The Kier molecular flexibility index (Phi) is 4.88. The highest BCUT2D eigenvalue weighted by atomic mass is 35.5. The van der Waals surface area contributed by atoms with E-state index in [4.69, 9.17) is 11.6 Å². The zero-order valence-corrected chi connectivity index (χ0v) is 13.0. The summed E-state index contributed by atoms with van der Waals surface area (Å²) in [5.41, 5.74) is 0.986. The zero-order valence-electron chi connectivity index (χ0n) is 12.3. The van der Waals surface area contributed by atoms with Crippen LogP contribution < -0.4 is 0 Å². The molecule has 1 aromatic carbocycles. The first-order chi connectivity index (χ1) is 9.91. The van der Waals surface area contributed by atoms with Crippen LogP contribution in [0.4, 0.5) is 0 Å². The number of carbonyl (C=O) groups is 2. The molecule has 114 valence electrons. The average Bonchev–Trinajstić information content (AvgIpc) is 2.95. The average molecular weight is 310 g/mol. The monoisotopic (exact) mass is 309 g/mol. The summed E-state index contributed by atoms with van der Waals surface area (Å²) in [5.74, 6) is -1.89. The van der Waals surface area contributed by atoms with E-state index in [0.29, 0.717) is 17.9 Å². The van der Waals surface area contributed by atoms with Gasteiger partial charge in [0, 0.05) is 12.1 Å². The summed E-state index contributed by atoms with van der Waals surface area (Å²) in [5, 5.41) is 9.87. The molecular formula is C16H20ClNO3. The lowest BCUT2D eigenvalue weighted by molar-refractivity contribution is -0.149. The van der Waals surface area contributed by atoms with Crippen LogP contribution in [-0.4, -0.2) is 28.9 Å². The van der Waals surface area contributed by atoms with Crippen molar-refractivity contribution in [2.75, 3.05) is 7.05 Å². The van der Waals surface area contributed by atoms with Crippen LogP contribution in [0.5, 0.6) is 0 Å². The van der Waals surface area contributed by atoms with Gasteiger partial charge in [0.2, 0.25) is 5.91 Å². The van der Waals surface area contributed by atoms with E-state index < -0.39 is 17.8 Å². The molecule has 5 heteroatoms. The molecule has 1 aliphatic rings. The fourth-order valence-corrected chi connectivity index (χ4v) is 3.09. The number of carboxylic acids is 1. The summed E-state index contributed by atoms with van der Waals surface area (Å²) in [6.07, 6.45) is 2.05. The predicted octanol–water partition coefficient (Wildman–Crippen LogP) is 3.36. The van der Waals surface area contributed by atoms with Crippen LogP contribution >= 0.6 is 11.6 Å². The fourth-order valence-electron chi connectivity index (χ4n) is 2.97. The van der Waals surface area contributed by atoms with Crippen LogP contribution in [-0.2, 0) is 9.59 Å². The fraction of sp³-hybridized carbons (Fsp3) is 0.500. The van der Waals surface area contributed by atoms with Gasteiger partial charge in [-0.25, -0.2) is 0 Å². The number of carboxylic acid groups (broad SMARTS) is 1. The van der Waals surface area contributed by atoms with Crippen molar-refractivity contribution in [2.24, 2.45) is 11.8 Å². The molecule has 21 heavy (non-hydrogen) atoms. The molecule has 1 aromatic rings. The Morgan fingerprint density at radius 3 is 2.38 bits per heavy atom. The summed E-state index contributed by atoms with van der Waals surface area (Å²) >= 11 is 5.87. The van der Waals surface area contributed by atoms with Gasteiger partial charge in [-0.2, -0.15) is 0 Å². The van der Waals surface area contributed by atoms with E-state index >= 15 is 0 Å². The van der Waals surface area contributed by atoms with Crippen LogP contribution in [0.1, 0.15) is 37.8 Å². The molecule has 0 heterocycles. The molecule has 1 aliphatic carbocycles. The molecule has 0 aromatic heterocycles. The highest BCUT2D eigenvalue weighted by Crippen LogP contribution is 2.34. The molecule has 1 saturated carbocycles. The SMILES string of the molecule is CC(c1ccc(Cl)cc1)N(C)C(=O)C1CCCC1C(=O)O. The van der Waals surface area contributed by atoms with Crippen molar-refractivity contribution in [3.8, 4) is 0 Å². The molecule has 3 unspecified atom stereocenters. The molecule has 0 radical (unpaired) electrons. The van der Waals surface area contributed by atoms with Crippen molar-refractivity contribution >= 4 is 23.5 Å². The second kappa shape index (κ2) is 6.48. The number of hydrogen-bond donors (Lipinski definition) is 1. The van der Waals surface area contributed by atoms with Crippen molar-refractivity contribution < 1.29 is 14.7 Å². The normalized spacial score (nSPS) is 22.8. The van der Waals surface area contributed by atoms with Crippen LogP contribution in [0.2, 0.25) is 5.02 Å². The molecule has 1 N–H and O–H groups in total. The van der Waals surface area contributed by atoms with Gasteiger partial charge < -0.3 is 10.0 Å². The Balaban J connectivity index is 2.11. The topological polar surface area (TPSA) is 57.6 Å². The van der Waals surface area contributed by atoms with Crippen molar-refractivity contribution in [1.29, 1.82) is 0 Å². The molecule has 0 aliphatic heterocycles. The van der Waals surface area contributed by atoms with Gasteiger partial charge in [0.15, 0.2) is 0 Å². The first kappa shape index (κ1) is 15.8. The zero-order chi connectivity index (χ0) is 15.6. The van der Waals surface area contributed by atoms with Gasteiger partial charge in [0.25, 0.3) is 0 Å².